The smallest absolute Gasteiger partial charge is 0.273 e. The molecule has 1 atom stereocenters. The molecule has 1 aliphatic heterocycles. The molecule has 0 bridgehead atoms. The number of carbonyl (C=O) groups excluding carboxylic acids is 1. The molecule has 2 heterocycles. The number of aromatic nitrogens is 3. The van der Waals surface area contributed by atoms with E-state index in [-0.39, 0.29) is 11.9 Å². The van der Waals surface area contributed by atoms with Gasteiger partial charge in [0.05, 0.1) is 18.3 Å². The Morgan fingerprint density at radius 2 is 2.08 bits per heavy atom. The molecule has 3 rings (SSSR count). The number of hydrogen-bond acceptors (Lipinski definition) is 4. The zero-order valence-electron chi connectivity index (χ0n) is 14.1. The highest BCUT2D eigenvalue weighted by Crippen LogP contribution is 2.20. The van der Waals surface area contributed by atoms with Gasteiger partial charge in [-0.25, -0.2) is 4.68 Å². The van der Waals surface area contributed by atoms with Crippen molar-refractivity contribution in [2.75, 3.05) is 13.1 Å². The summed E-state index contributed by atoms with van der Waals surface area (Å²) in [7, 11) is 0. The third-order valence-corrected chi connectivity index (χ3v) is 4.51. The van der Waals surface area contributed by atoms with E-state index in [1.165, 1.54) is 0 Å². The Labute approximate surface area is 142 Å². The highest BCUT2D eigenvalue weighted by Gasteiger charge is 2.20. The van der Waals surface area contributed by atoms with Crippen LogP contribution in [0.5, 0.6) is 0 Å². The van der Waals surface area contributed by atoms with Crippen molar-refractivity contribution in [2.24, 2.45) is 0 Å². The summed E-state index contributed by atoms with van der Waals surface area (Å²) in [5.41, 5.74) is 1.52. The molecule has 0 radical (unpaired) electrons. The molecular weight excluding hydrogens is 302 g/mol. The van der Waals surface area contributed by atoms with E-state index in [0.29, 0.717) is 11.7 Å². The second-order valence-electron chi connectivity index (χ2n) is 6.29. The normalized spacial score (nSPS) is 16.7. The summed E-state index contributed by atoms with van der Waals surface area (Å²) in [4.78, 5) is 12.6. The Balaban J connectivity index is 1.68. The predicted octanol–water partition coefficient (Wildman–Crippen LogP) is 2.47. The molecule has 1 saturated heterocycles. The van der Waals surface area contributed by atoms with E-state index in [0.717, 1.165) is 44.3 Å². The van der Waals surface area contributed by atoms with Crippen molar-refractivity contribution < 1.29 is 4.79 Å². The van der Waals surface area contributed by atoms with Crippen molar-refractivity contribution in [1.82, 2.24) is 25.6 Å². The first-order chi connectivity index (χ1) is 11.8. The van der Waals surface area contributed by atoms with E-state index >= 15 is 0 Å². The van der Waals surface area contributed by atoms with E-state index < -0.39 is 0 Å². The molecule has 24 heavy (non-hydrogen) atoms. The van der Waals surface area contributed by atoms with E-state index in [2.05, 4.69) is 27.9 Å². The Kier molecular flexibility index (Phi) is 5.59. The summed E-state index contributed by atoms with van der Waals surface area (Å²) < 4.78 is 1.84. The fourth-order valence-electron chi connectivity index (χ4n) is 3.16. The topological polar surface area (TPSA) is 71.8 Å². The van der Waals surface area contributed by atoms with Crippen LogP contribution in [0.15, 0.2) is 36.5 Å². The highest BCUT2D eigenvalue weighted by molar-refractivity contribution is 5.92. The van der Waals surface area contributed by atoms with E-state index in [4.69, 9.17) is 0 Å². The average Bonchev–Trinajstić information content (AvgIpc) is 3.13. The summed E-state index contributed by atoms with van der Waals surface area (Å²) in [6.07, 6.45) is 5.72. The molecule has 2 aromatic rings. The maximum Gasteiger partial charge on any atom is 0.273 e. The van der Waals surface area contributed by atoms with Crippen molar-refractivity contribution in [3.05, 3.63) is 47.8 Å². The molecule has 1 aromatic heterocycles. The van der Waals surface area contributed by atoms with Crippen LogP contribution in [0, 0.1) is 0 Å². The number of rotatable bonds is 6. The van der Waals surface area contributed by atoms with Gasteiger partial charge in [-0.3, -0.25) is 4.79 Å². The molecule has 128 valence electrons. The van der Waals surface area contributed by atoms with Crippen LogP contribution in [0.3, 0.4) is 0 Å². The largest absolute Gasteiger partial charge is 0.344 e. The summed E-state index contributed by atoms with van der Waals surface area (Å²) in [6.45, 7) is 4.09. The van der Waals surface area contributed by atoms with Crippen molar-refractivity contribution in [3.63, 3.8) is 0 Å². The van der Waals surface area contributed by atoms with Gasteiger partial charge < -0.3 is 10.6 Å². The molecule has 0 saturated carbocycles. The minimum Gasteiger partial charge on any atom is -0.344 e. The third kappa shape index (κ3) is 4.00. The molecule has 0 aliphatic carbocycles. The van der Waals surface area contributed by atoms with Gasteiger partial charge in [0.2, 0.25) is 0 Å². The first-order valence-electron chi connectivity index (χ1n) is 8.76. The molecule has 1 aromatic carbocycles. The predicted molar refractivity (Wildman–Crippen MR) is 92.7 cm³/mol. The van der Waals surface area contributed by atoms with Crippen LogP contribution < -0.4 is 10.6 Å². The molecule has 1 unspecified atom stereocenters. The van der Waals surface area contributed by atoms with Gasteiger partial charge in [0.25, 0.3) is 5.91 Å². The number of carbonyl (C=O) groups is 1. The second-order valence-corrected chi connectivity index (χ2v) is 6.29. The Morgan fingerprint density at radius 3 is 2.79 bits per heavy atom. The van der Waals surface area contributed by atoms with Crippen LogP contribution >= 0.6 is 0 Å². The minimum absolute atomic E-state index is 0.00716. The summed E-state index contributed by atoms with van der Waals surface area (Å²) in [5, 5.41) is 14.7. The first-order valence-corrected chi connectivity index (χ1v) is 8.76. The van der Waals surface area contributed by atoms with Gasteiger partial charge in [-0.2, -0.15) is 0 Å². The zero-order valence-corrected chi connectivity index (χ0v) is 14.1. The first kappa shape index (κ1) is 16.6. The van der Waals surface area contributed by atoms with Crippen molar-refractivity contribution in [3.8, 4) is 0 Å². The summed E-state index contributed by atoms with van der Waals surface area (Å²) in [6, 6.07) is 10.4. The van der Waals surface area contributed by atoms with Crippen molar-refractivity contribution >= 4 is 5.91 Å². The van der Waals surface area contributed by atoms with Gasteiger partial charge in [-0.15, -0.1) is 5.10 Å². The van der Waals surface area contributed by atoms with E-state index in [9.17, 15) is 4.79 Å². The monoisotopic (exact) mass is 327 g/mol. The Bertz CT molecular complexity index is 648. The number of benzene rings is 1. The highest BCUT2D eigenvalue weighted by atomic mass is 16.2. The Hall–Kier alpha value is -2.21. The van der Waals surface area contributed by atoms with Crippen molar-refractivity contribution in [1.29, 1.82) is 0 Å². The lowest BCUT2D eigenvalue weighted by Gasteiger charge is -2.22. The second kappa shape index (κ2) is 8.06. The fraction of sp³-hybridized carbons (Fsp3) is 0.500. The lowest BCUT2D eigenvalue weighted by Crippen LogP contribution is -2.30. The third-order valence-electron chi connectivity index (χ3n) is 4.51. The maximum absolute atomic E-state index is 12.6. The van der Waals surface area contributed by atoms with Crippen LogP contribution in [0.2, 0.25) is 0 Å². The van der Waals surface area contributed by atoms with Gasteiger partial charge in [0, 0.05) is 0 Å². The molecule has 6 nitrogen and oxygen atoms in total. The molecule has 2 N–H and O–H groups in total. The number of nitrogens with one attached hydrogen (secondary N) is 2. The summed E-state index contributed by atoms with van der Waals surface area (Å²) in [5.74, 6) is -0.155. The fourth-order valence-corrected chi connectivity index (χ4v) is 3.16. The van der Waals surface area contributed by atoms with Gasteiger partial charge in [-0.1, -0.05) is 48.9 Å². The minimum atomic E-state index is -0.155. The van der Waals surface area contributed by atoms with Gasteiger partial charge in [0.1, 0.15) is 0 Å². The lowest BCUT2D eigenvalue weighted by molar-refractivity contribution is 0.0929. The molecule has 0 spiro atoms. The number of hydrogen-bond donors (Lipinski definition) is 2. The number of amides is 1. The zero-order chi connectivity index (χ0) is 16.8. The van der Waals surface area contributed by atoms with Crippen molar-refractivity contribution in [2.45, 2.75) is 44.7 Å². The van der Waals surface area contributed by atoms with Crippen LogP contribution in [-0.4, -0.2) is 34.0 Å². The van der Waals surface area contributed by atoms with Gasteiger partial charge >= 0.3 is 0 Å². The molecule has 1 amide bonds. The van der Waals surface area contributed by atoms with Crippen LogP contribution in [0.4, 0.5) is 0 Å². The SMILES string of the molecule is CCCC(NC(=O)c1cn(C2CCNCC2)nn1)c1ccccc1. The molecule has 1 aliphatic rings. The van der Waals surface area contributed by atoms with Crippen LogP contribution in [0.1, 0.15) is 60.7 Å². The van der Waals surface area contributed by atoms with Gasteiger partial charge in [-0.05, 0) is 37.9 Å². The average molecular weight is 327 g/mol. The van der Waals surface area contributed by atoms with E-state index in [1.54, 1.807) is 6.20 Å². The molecule has 6 heteroatoms. The molecular formula is C18H25N5O. The summed E-state index contributed by atoms with van der Waals surface area (Å²) >= 11 is 0. The maximum atomic E-state index is 12.6. The van der Waals surface area contributed by atoms with Gasteiger partial charge in [0.15, 0.2) is 5.69 Å². The van der Waals surface area contributed by atoms with Crippen LogP contribution in [0.25, 0.3) is 0 Å². The Morgan fingerprint density at radius 1 is 1.33 bits per heavy atom. The van der Waals surface area contributed by atoms with E-state index in [1.807, 2.05) is 35.0 Å². The quantitative estimate of drug-likeness (QED) is 0.855. The standard InChI is InChI=1S/C18H25N5O/c1-2-6-16(14-7-4-3-5-8-14)20-18(24)17-13-23(22-21-17)15-9-11-19-12-10-15/h3-5,7-8,13,15-16,19H,2,6,9-12H2,1H3,(H,20,24). The van der Waals surface area contributed by atoms with Crippen LogP contribution in [-0.2, 0) is 0 Å². The number of piperidine rings is 1. The number of nitrogens with zero attached hydrogens (tertiary/aromatic N) is 3. The lowest BCUT2D eigenvalue weighted by atomic mass is 10.0. The molecule has 1 fully saturated rings.